The molecule has 0 bridgehead atoms. The molecule has 0 saturated heterocycles. The molecule has 0 spiro atoms. The summed E-state index contributed by atoms with van der Waals surface area (Å²) in [4.78, 5) is 0. The molecule has 1 atom stereocenters. The molecule has 2 heteroatoms. The van der Waals surface area contributed by atoms with Crippen LogP contribution in [0.3, 0.4) is 0 Å². The predicted molar refractivity (Wildman–Crippen MR) is 88.3 cm³/mol. The maximum absolute atomic E-state index is 6.28. The maximum atomic E-state index is 6.28. The zero-order valence-electron chi connectivity index (χ0n) is 14.8. The van der Waals surface area contributed by atoms with Crippen LogP contribution in [0.5, 0.6) is 0 Å². The monoisotopic (exact) mass is 286 g/mol. The van der Waals surface area contributed by atoms with Crippen LogP contribution in [0.4, 0.5) is 0 Å². The first kappa shape index (κ1) is 19.9. The molecule has 0 aromatic heterocycles. The SMILES string of the molecule is CCCCOC(CC)(CC)CC(CC)OC(CC)CC. The van der Waals surface area contributed by atoms with Crippen molar-refractivity contribution in [3.8, 4) is 0 Å². The minimum atomic E-state index is 0.0158. The van der Waals surface area contributed by atoms with Crippen LogP contribution in [0.2, 0.25) is 0 Å². The second-order valence-corrected chi connectivity index (χ2v) is 5.90. The van der Waals surface area contributed by atoms with E-state index in [9.17, 15) is 0 Å². The van der Waals surface area contributed by atoms with Crippen molar-refractivity contribution in [2.75, 3.05) is 6.61 Å². The van der Waals surface area contributed by atoms with E-state index in [1.165, 1.54) is 6.42 Å². The summed E-state index contributed by atoms with van der Waals surface area (Å²) in [5.41, 5.74) is 0.0158. The van der Waals surface area contributed by atoms with Crippen molar-refractivity contribution in [1.29, 1.82) is 0 Å². The van der Waals surface area contributed by atoms with Crippen molar-refractivity contribution in [2.45, 2.75) is 111 Å². The molecule has 1 unspecified atom stereocenters. The minimum absolute atomic E-state index is 0.0158. The molecule has 0 aliphatic heterocycles. The van der Waals surface area contributed by atoms with Gasteiger partial charge >= 0.3 is 0 Å². The number of rotatable bonds is 13. The van der Waals surface area contributed by atoms with Gasteiger partial charge in [-0.2, -0.15) is 0 Å². The zero-order chi connectivity index (χ0) is 15.4. The highest BCUT2D eigenvalue weighted by Crippen LogP contribution is 2.29. The van der Waals surface area contributed by atoms with Crippen LogP contribution in [0.15, 0.2) is 0 Å². The first-order chi connectivity index (χ1) is 9.61. The van der Waals surface area contributed by atoms with Crippen LogP contribution in [0, 0.1) is 0 Å². The topological polar surface area (TPSA) is 18.5 Å². The van der Waals surface area contributed by atoms with E-state index in [0.717, 1.165) is 51.6 Å². The van der Waals surface area contributed by atoms with E-state index >= 15 is 0 Å². The zero-order valence-corrected chi connectivity index (χ0v) is 14.8. The second kappa shape index (κ2) is 11.6. The fraction of sp³-hybridized carbons (Fsp3) is 1.00. The lowest BCUT2D eigenvalue weighted by Gasteiger charge is -2.36. The van der Waals surface area contributed by atoms with Gasteiger partial charge in [-0.25, -0.2) is 0 Å². The van der Waals surface area contributed by atoms with Gasteiger partial charge in [0.15, 0.2) is 0 Å². The smallest absolute Gasteiger partial charge is 0.0702 e. The number of hydrogen-bond donors (Lipinski definition) is 0. The van der Waals surface area contributed by atoms with E-state index in [1.54, 1.807) is 0 Å². The minimum Gasteiger partial charge on any atom is -0.375 e. The first-order valence-electron chi connectivity index (χ1n) is 8.90. The van der Waals surface area contributed by atoms with Crippen LogP contribution < -0.4 is 0 Å². The summed E-state index contributed by atoms with van der Waals surface area (Å²) in [6.45, 7) is 14.3. The lowest BCUT2D eigenvalue weighted by Crippen LogP contribution is -2.37. The van der Waals surface area contributed by atoms with Gasteiger partial charge in [-0.15, -0.1) is 0 Å². The summed E-state index contributed by atoms with van der Waals surface area (Å²) in [5, 5.41) is 0. The molecule has 0 amide bonds. The molecule has 0 aliphatic carbocycles. The summed E-state index contributed by atoms with van der Waals surface area (Å²) < 4.78 is 12.6. The average molecular weight is 286 g/mol. The van der Waals surface area contributed by atoms with Crippen LogP contribution >= 0.6 is 0 Å². The number of ether oxygens (including phenoxy) is 2. The summed E-state index contributed by atoms with van der Waals surface area (Å²) in [5.74, 6) is 0. The Balaban J connectivity index is 4.57. The van der Waals surface area contributed by atoms with Gasteiger partial charge in [0.05, 0.1) is 17.8 Å². The van der Waals surface area contributed by atoms with Crippen molar-refractivity contribution in [3.63, 3.8) is 0 Å². The highest BCUT2D eigenvalue weighted by molar-refractivity contribution is 4.82. The third-order valence-corrected chi connectivity index (χ3v) is 4.55. The molecule has 0 heterocycles. The van der Waals surface area contributed by atoms with E-state index in [1.807, 2.05) is 0 Å². The molecule has 0 aromatic rings. The predicted octanol–water partition coefficient (Wildman–Crippen LogP) is 5.74. The summed E-state index contributed by atoms with van der Waals surface area (Å²) in [7, 11) is 0. The van der Waals surface area contributed by atoms with Gasteiger partial charge < -0.3 is 9.47 Å². The molecule has 0 fully saturated rings. The third-order valence-electron chi connectivity index (χ3n) is 4.55. The molecule has 0 aromatic carbocycles. The fourth-order valence-corrected chi connectivity index (χ4v) is 2.69. The van der Waals surface area contributed by atoms with Gasteiger partial charge in [-0.3, -0.25) is 0 Å². The average Bonchev–Trinajstić information content (AvgIpc) is 2.50. The molecule has 0 rings (SSSR count). The molecule has 0 saturated carbocycles. The van der Waals surface area contributed by atoms with Gasteiger partial charge in [0.25, 0.3) is 0 Å². The van der Waals surface area contributed by atoms with Crippen molar-refractivity contribution in [2.24, 2.45) is 0 Å². The first-order valence-corrected chi connectivity index (χ1v) is 8.90. The normalized spacial score (nSPS) is 13.9. The van der Waals surface area contributed by atoms with Gasteiger partial charge in [0.1, 0.15) is 0 Å². The van der Waals surface area contributed by atoms with Crippen molar-refractivity contribution in [3.05, 3.63) is 0 Å². The highest BCUT2D eigenvalue weighted by atomic mass is 16.5. The Morgan fingerprint density at radius 2 is 1.35 bits per heavy atom. The largest absolute Gasteiger partial charge is 0.375 e. The summed E-state index contributed by atoms with van der Waals surface area (Å²) in [6.07, 6.45) is 9.59. The van der Waals surface area contributed by atoms with E-state index in [-0.39, 0.29) is 5.60 Å². The van der Waals surface area contributed by atoms with Crippen LogP contribution in [0.25, 0.3) is 0 Å². The molecule has 0 aliphatic rings. The van der Waals surface area contributed by atoms with Gasteiger partial charge in [0.2, 0.25) is 0 Å². The Bertz CT molecular complexity index is 207. The standard InChI is InChI=1S/C18H38O2/c1-7-13-14-19-18(11-5,12-6)15-17(10-4)20-16(8-2)9-3/h16-17H,7-15H2,1-6H3. The van der Waals surface area contributed by atoms with Crippen LogP contribution in [0.1, 0.15) is 92.9 Å². The molecule has 20 heavy (non-hydrogen) atoms. The van der Waals surface area contributed by atoms with E-state index < -0.39 is 0 Å². The summed E-state index contributed by atoms with van der Waals surface area (Å²) >= 11 is 0. The molecule has 0 N–H and O–H groups in total. The Labute approximate surface area is 127 Å². The molecule has 122 valence electrons. The second-order valence-electron chi connectivity index (χ2n) is 5.90. The molecule has 0 radical (unpaired) electrons. The van der Waals surface area contributed by atoms with Crippen LogP contribution in [-0.2, 0) is 9.47 Å². The summed E-state index contributed by atoms with van der Waals surface area (Å²) in [6, 6.07) is 0. The number of unbranched alkanes of at least 4 members (excludes halogenated alkanes) is 1. The molecular formula is C18H38O2. The Morgan fingerprint density at radius 3 is 1.75 bits per heavy atom. The van der Waals surface area contributed by atoms with Crippen molar-refractivity contribution < 1.29 is 9.47 Å². The third kappa shape index (κ3) is 7.08. The van der Waals surface area contributed by atoms with Crippen molar-refractivity contribution in [1.82, 2.24) is 0 Å². The van der Waals surface area contributed by atoms with E-state index in [2.05, 4.69) is 41.5 Å². The van der Waals surface area contributed by atoms with Gasteiger partial charge in [-0.1, -0.05) is 48.0 Å². The van der Waals surface area contributed by atoms with E-state index in [0.29, 0.717) is 12.2 Å². The lowest BCUT2D eigenvalue weighted by molar-refractivity contribution is -0.108. The van der Waals surface area contributed by atoms with Crippen LogP contribution in [-0.4, -0.2) is 24.4 Å². The Kier molecular flexibility index (Phi) is 11.5. The number of hydrogen-bond acceptors (Lipinski definition) is 2. The lowest BCUT2D eigenvalue weighted by atomic mass is 9.89. The highest BCUT2D eigenvalue weighted by Gasteiger charge is 2.31. The molecule has 2 nitrogen and oxygen atoms in total. The Morgan fingerprint density at radius 1 is 0.800 bits per heavy atom. The van der Waals surface area contributed by atoms with Gasteiger partial charge in [-0.05, 0) is 38.5 Å². The quantitative estimate of drug-likeness (QED) is 0.402. The Hall–Kier alpha value is -0.0800. The molecular weight excluding hydrogens is 248 g/mol. The van der Waals surface area contributed by atoms with Gasteiger partial charge in [0, 0.05) is 13.0 Å². The van der Waals surface area contributed by atoms with E-state index in [4.69, 9.17) is 9.47 Å². The van der Waals surface area contributed by atoms with Crippen molar-refractivity contribution >= 4 is 0 Å². The fourth-order valence-electron chi connectivity index (χ4n) is 2.69. The maximum Gasteiger partial charge on any atom is 0.0702 e.